The number of alkyl carbamates (subject to hydrolysis) is 1. The van der Waals surface area contributed by atoms with E-state index in [4.69, 9.17) is 10.6 Å². The van der Waals surface area contributed by atoms with E-state index in [2.05, 4.69) is 15.4 Å². The molecule has 5 N–H and O–H groups in total. The summed E-state index contributed by atoms with van der Waals surface area (Å²) >= 11 is 1.60. The quantitative estimate of drug-likeness (QED) is 0.307. The Morgan fingerprint density at radius 1 is 1.16 bits per heavy atom. The third-order valence-corrected chi connectivity index (χ3v) is 5.72. The Balaban J connectivity index is 1.59. The van der Waals surface area contributed by atoms with E-state index in [0.717, 1.165) is 22.7 Å². The second-order valence-corrected chi connectivity index (χ2v) is 10.2. The van der Waals surface area contributed by atoms with E-state index >= 15 is 0 Å². The highest BCUT2D eigenvalue weighted by molar-refractivity contribution is 7.56. The Morgan fingerprint density at radius 3 is 2.55 bits per heavy atom. The molecule has 0 saturated heterocycles. The topological polar surface area (TPSA) is 131 Å². The van der Waals surface area contributed by atoms with Crippen molar-refractivity contribution in [3.8, 4) is 10.4 Å². The van der Waals surface area contributed by atoms with Gasteiger partial charge in [0, 0.05) is 23.7 Å². The molecular formula is C21H22N3O5PS. The molecule has 0 spiro atoms. The SMILES string of the molecule is CP(=O)(O)COC(=O)NCc1ccc(C(=O)Nc2cc(-c3cccs3)ccc2N)cc1. The molecular weight excluding hydrogens is 437 g/mol. The summed E-state index contributed by atoms with van der Waals surface area (Å²) in [5.74, 6) is -0.310. The molecule has 1 heterocycles. The van der Waals surface area contributed by atoms with Gasteiger partial charge in [0.25, 0.3) is 5.91 Å². The lowest BCUT2D eigenvalue weighted by molar-refractivity contribution is 0.102. The van der Waals surface area contributed by atoms with Crippen LogP contribution in [0.3, 0.4) is 0 Å². The van der Waals surface area contributed by atoms with E-state index in [1.165, 1.54) is 0 Å². The van der Waals surface area contributed by atoms with Crippen LogP contribution >= 0.6 is 18.7 Å². The summed E-state index contributed by atoms with van der Waals surface area (Å²) in [5, 5.41) is 7.29. The van der Waals surface area contributed by atoms with Gasteiger partial charge in [0.2, 0.25) is 7.37 Å². The van der Waals surface area contributed by atoms with Gasteiger partial charge in [0.15, 0.2) is 6.35 Å². The zero-order valence-electron chi connectivity index (χ0n) is 16.7. The van der Waals surface area contributed by atoms with Crippen LogP contribution < -0.4 is 16.4 Å². The molecule has 1 aromatic heterocycles. The maximum absolute atomic E-state index is 12.6. The summed E-state index contributed by atoms with van der Waals surface area (Å²) < 4.78 is 15.8. The van der Waals surface area contributed by atoms with Crippen LogP contribution in [0.5, 0.6) is 0 Å². The molecule has 3 aromatic rings. The number of nitrogens with two attached hydrogens (primary N) is 1. The number of anilines is 2. The summed E-state index contributed by atoms with van der Waals surface area (Å²) in [6.07, 6.45) is -1.34. The van der Waals surface area contributed by atoms with Crippen molar-refractivity contribution in [2.75, 3.05) is 24.1 Å². The number of rotatable bonds is 7. The molecule has 1 unspecified atom stereocenters. The molecule has 3 rings (SSSR count). The molecule has 1 atom stereocenters. The standard InChI is InChI=1S/C21H22N3O5PS/c1-30(27,28)13-29-21(26)23-12-14-4-6-15(7-5-14)20(25)24-18-11-16(8-9-17(18)22)19-3-2-10-31-19/h2-11H,12-13,22H2,1H3,(H,23,26)(H,24,25)(H,27,28). The predicted molar refractivity (Wildman–Crippen MR) is 122 cm³/mol. The largest absolute Gasteiger partial charge is 0.439 e. The maximum Gasteiger partial charge on any atom is 0.407 e. The van der Waals surface area contributed by atoms with E-state index < -0.39 is 19.8 Å². The number of hydrogen-bond acceptors (Lipinski definition) is 6. The van der Waals surface area contributed by atoms with Crippen LogP contribution in [0.25, 0.3) is 10.4 Å². The summed E-state index contributed by atoms with van der Waals surface area (Å²) in [6.45, 7) is 1.26. The molecule has 0 aliphatic rings. The number of carbonyl (C=O) groups is 2. The zero-order valence-corrected chi connectivity index (χ0v) is 18.4. The fourth-order valence-electron chi connectivity index (χ4n) is 2.63. The Morgan fingerprint density at radius 2 is 1.90 bits per heavy atom. The molecule has 0 radical (unpaired) electrons. The first kappa shape index (κ1) is 22.6. The number of hydrogen-bond donors (Lipinski definition) is 4. The molecule has 31 heavy (non-hydrogen) atoms. The third-order valence-electron chi connectivity index (χ3n) is 4.20. The highest BCUT2D eigenvalue weighted by Crippen LogP contribution is 2.34. The molecule has 10 heteroatoms. The minimum atomic E-state index is -3.42. The van der Waals surface area contributed by atoms with Crippen molar-refractivity contribution in [3.63, 3.8) is 0 Å². The lowest BCUT2D eigenvalue weighted by atomic mass is 10.1. The molecule has 0 aliphatic carbocycles. The van der Waals surface area contributed by atoms with Crippen LogP contribution in [-0.2, 0) is 15.8 Å². The van der Waals surface area contributed by atoms with Crippen molar-refractivity contribution < 1.29 is 23.8 Å². The van der Waals surface area contributed by atoms with E-state index in [9.17, 15) is 14.2 Å². The third kappa shape index (κ3) is 6.68. The van der Waals surface area contributed by atoms with Gasteiger partial charge in [-0.2, -0.15) is 0 Å². The fraction of sp³-hybridized carbons (Fsp3) is 0.143. The van der Waals surface area contributed by atoms with E-state index in [1.54, 1.807) is 41.7 Å². The van der Waals surface area contributed by atoms with Crippen molar-refractivity contribution in [3.05, 3.63) is 71.1 Å². The lowest BCUT2D eigenvalue weighted by Gasteiger charge is -2.11. The van der Waals surface area contributed by atoms with Crippen molar-refractivity contribution in [1.82, 2.24) is 5.32 Å². The van der Waals surface area contributed by atoms with E-state index in [0.29, 0.717) is 16.9 Å². The van der Waals surface area contributed by atoms with Gasteiger partial charge in [-0.15, -0.1) is 11.3 Å². The molecule has 2 aromatic carbocycles. The predicted octanol–water partition coefficient (Wildman–Crippen LogP) is 4.33. The van der Waals surface area contributed by atoms with Crippen molar-refractivity contribution >= 4 is 42.1 Å². The van der Waals surface area contributed by atoms with Crippen LogP contribution in [-0.4, -0.2) is 29.9 Å². The van der Waals surface area contributed by atoms with Gasteiger partial charge in [-0.25, -0.2) is 4.79 Å². The summed E-state index contributed by atoms with van der Waals surface area (Å²) in [6, 6.07) is 16.1. The van der Waals surface area contributed by atoms with Gasteiger partial charge in [-0.05, 0) is 46.8 Å². The highest BCUT2D eigenvalue weighted by Gasteiger charge is 2.14. The highest BCUT2D eigenvalue weighted by atomic mass is 32.1. The molecule has 0 fully saturated rings. The maximum atomic E-state index is 12.6. The van der Waals surface area contributed by atoms with Gasteiger partial charge in [0.1, 0.15) is 0 Å². The van der Waals surface area contributed by atoms with Crippen molar-refractivity contribution in [2.45, 2.75) is 6.54 Å². The number of benzene rings is 2. The van der Waals surface area contributed by atoms with Gasteiger partial charge in [-0.1, -0.05) is 24.3 Å². The average Bonchev–Trinajstić information content (AvgIpc) is 3.27. The Bertz CT molecular complexity index is 1110. The molecule has 162 valence electrons. The summed E-state index contributed by atoms with van der Waals surface area (Å²) in [7, 11) is -3.42. The Hall–Kier alpha value is -3.13. The van der Waals surface area contributed by atoms with E-state index in [1.807, 2.05) is 29.6 Å². The minimum Gasteiger partial charge on any atom is -0.439 e. The number of nitrogen functional groups attached to an aromatic ring is 1. The number of amides is 2. The molecule has 2 amide bonds. The number of ether oxygens (including phenoxy) is 1. The van der Waals surface area contributed by atoms with Gasteiger partial charge < -0.3 is 26.0 Å². The zero-order chi connectivity index (χ0) is 22.4. The van der Waals surface area contributed by atoms with Gasteiger partial charge >= 0.3 is 6.09 Å². The first-order valence-electron chi connectivity index (χ1n) is 9.25. The number of thiophene rings is 1. The van der Waals surface area contributed by atoms with E-state index in [-0.39, 0.29) is 12.5 Å². The van der Waals surface area contributed by atoms with Crippen molar-refractivity contribution in [1.29, 1.82) is 0 Å². The molecule has 0 bridgehead atoms. The normalized spacial score (nSPS) is 12.6. The number of nitrogens with one attached hydrogen (secondary N) is 2. The summed E-state index contributed by atoms with van der Waals surface area (Å²) in [5.41, 5.74) is 9.14. The first-order valence-corrected chi connectivity index (χ1v) is 12.4. The smallest absolute Gasteiger partial charge is 0.407 e. The first-order chi connectivity index (χ1) is 14.7. The minimum absolute atomic E-state index is 0.149. The van der Waals surface area contributed by atoms with Crippen LogP contribution in [0.1, 0.15) is 15.9 Å². The Labute approximate surface area is 183 Å². The fourth-order valence-corrected chi connectivity index (χ4v) is 3.71. The molecule has 8 nitrogen and oxygen atoms in total. The van der Waals surface area contributed by atoms with Gasteiger partial charge in [0.05, 0.1) is 11.4 Å². The second kappa shape index (κ2) is 9.78. The number of carbonyl (C=O) groups excluding carboxylic acids is 2. The Kier molecular flexibility index (Phi) is 7.12. The summed E-state index contributed by atoms with van der Waals surface area (Å²) in [4.78, 5) is 34.4. The second-order valence-electron chi connectivity index (χ2n) is 6.90. The van der Waals surface area contributed by atoms with Crippen LogP contribution in [0.15, 0.2) is 60.0 Å². The van der Waals surface area contributed by atoms with Gasteiger partial charge in [-0.3, -0.25) is 9.36 Å². The molecule has 0 saturated carbocycles. The van der Waals surface area contributed by atoms with Crippen LogP contribution in [0, 0.1) is 0 Å². The van der Waals surface area contributed by atoms with Crippen LogP contribution in [0.4, 0.5) is 16.2 Å². The monoisotopic (exact) mass is 459 g/mol. The van der Waals surface area contributed by atoms with Crippen molar-refractivity contribution in [2.24, 2.45) is 0 Å². The average molecular weight is 459 g/mol. The van der Waals surface area contributed by atoms with Crippen LogP contribution in [0.2, 0.25) is 0 Å². The molecule has 0 aliphatic heterocycles. The lowest BCUT2D eigenvalue weighted by Crippen LogP contribution is -2.24.